The third-order valence-corrected chi connectivity index (χ3v) is 8.16. The van der Waals surface area contributed by atoms with Crippen molar-refractivity contribution in [1.82, 2.24) is 14.7 Å². The van der Waals surface area contributed by atoms with Crippen LogP contribution in [0.25, 0.3) is 0 Å². The Bertz CT molecular complexity index is 840. The normalized spacial score (nSPS) is 18.2. The van der Waals surface area contributed by atoms with E-state index in [-0.39, 0.29) is 0 Å². The van der Waals surface area contributed by atoms with E-state index in [1.807, 2.05) is 0 Å². The van der Waals surface area contributed by atoms with Crippen LogP contribution < -0.4 is 0 Å². The highest BCUT2D eigenvalue weighted by Crippen LogP contribution is 2.34. The van der Waals surface area contributed by atoms with E-state index >= 15 is 0 Å². The molecule has 0 aromatic rings. The van der Waals surface area contributed by atoms with E-state index in [0.717, 1.165) is 103 Å². The summed E-state index contributed by atoms with van der Waals surface area (Å²) in [6.45, 7) is 5.82. The van der Waals surface area contributed by atoms with Crippen LogP contribution in [-0.2, 0) is 14.4 Å². The molecule has 1 atom stereocenters. The number of aliphatic imine (C=N–C) groups is 3. The molecule has 2 rings (SSSR count). The minimum absolute atomic E-state index is 0.342. The molecule has 9 heteroatoms. The summed E-state index contributed by atoms with van der Waals surface area (Å²) in [6, 6.07) is 0. The first-order chi connectivity index (χ1) is 20.3. The Kier molecular flexibility index (Phi) is 20.3. The molecule has 0 spiro atoms. The second-order valence-electron chi connectivity index (χ2n) is 11.4. The van der Waals surface area contributed by atoms with E-state index in [1.54, 1.807) is 24.2 Å². The van der Waals surface area contributed by atoms with E-state index in [4.69, 9.17) is 0 Å². The van der Waals surface area contributed by atoms with Crippen molar-refractivity contribution < 1.29 is 14.4 Å². The first-order valence-corrected chi connectivity index (χ1v) is 16.2. The minimum Gasteiger partial charge on any atom is -0.363 e. The third kappa shape index (κ3) is 15.9. The molecule has 0 saturated heterocycles. The van der Waals surface area contributed by atoms with Crippen LogP contribution in [-0.4, -0.2) is 85.0 Å². The molecule has 1 heterocycles. The summed E-state index contributed by atoms with van der Waals surface area (Å²) in [7, 11) is 0. The molecule has 41 heavy (non-hydrogen) atoms. The summed E-state index contributed by atoms with van der Waals surface area (Å²) in [5, 5.41) is 0. The zero-order valence-corrected chi connectivity index (χ0v) is 25.3. The van der Waals surface area contributed by atoms with Gasteiger partial charge in [-0.15, -0.1) is 0 Å². The van der Waals surface area contributed by atoms with Crippen LogP contribution in [0.2, 0.25) is 0 Å². The summed E-state index contributed by atoms with van der Waals surface area (Å²) in [5.41, 5.74) is 0. The third-order valence-electron chi connectivity index (χ3n) is 8.16. The fourth-order valence-corrected chi connectivity index (χ4v) is 5.99. The quantitative estimate of drug-likeness (QED) is 0.0659. The zero-order chi connectivity index (χ0) is 29.2. The van der Waals surface area contributed by atoms with Crippen molar-refractivity contribution in [3.8, 4) is 0 Å². The molecule has 9 nitrogen and oxygen atoms in total. The van der Waals surface area contributed by atoms with Crippen molar-refractivity contribution in [2.24, 2.45) is 15.0 Å². The van der Waals surface area contributed by atoms with Gasteiger partial charge in [-0.25, -0.2) is 29.4 Å². The minimum atomic E-state index is 0.342. The van der Waals surface area contributed by atoms with E-state index in [2.05, 4.69) is 42.1 Å². The van der Waals surface area contributed by atoms with Crippen LogP contribution in [0.15, 0.2) is 27.4 Å². The monoisotopic (exact) mass is 569 g/mol. The molecular weight excluding hydrogens is 516 g/mol. The lowest BCUT2D eigenvalue weighted by Crippen LogP contribution is -2.51. The number of hydrogen-bond acceptors (Lipinski definition) is 9. The second-order valence-corrected chi connectivity index (χ2v) is 11.4. The summed E-state index contributed by atoms with van der Waals surface area (Å²) < 4.78 is 0. The fourth-order valence-electron chi connectivity index (χ4n) is 5.99. The van der Waals surface area contributed by atoms with Crippen LogP contribution in [0.3, 0.4) is 0 Å². The van der Waals surface area contributed by atoms with Crippen molar-refractivity contribution in [2.45, 2.75) is 122 Å². The fraction of sp³-hybridized carbons (Fsp3) is 0.812. The van der Waals surface area contributed by atoms with Crippen LogP contribution in [0.5, 0.6) is 0 Å². The maximum absolute atomic E-state index is 10.4. The second kappa shape index (κ2) is 24.1. The van der Waals surface area contributed by atoms with Gasteiger partial charge in [0.1, 0.15) is 0 Å². The molecule has 1 aliphatic heterocycles. The summed E-state index contributed by atoms with van der Waals surface area (Å²) >= 11 is 0. The zero-order valence-electron chi connectivity index (χ0n) is 25.3. The van der Waals surface area contributed by atoms with Gasteiger partial charge in [-0.05, 0) is 51.4 Å². The lowest BCUT2D eigenvalue weighted by Gasteiger charge is -2.43. The largest absolute Gasteiger partial charge is 0.363 e. The number of carbonyl (C=O) groups excluding carboxylic acids is 3. The number of hydrogen-bond donors (Lipinski definition) is 0. The van der Waals surface area contributed by atoms with Gasteiger partial charge in [0.25, 0.3) is 0 Å². The van der Waals surface area contributed by atoms with Crippen molar-refractivity contribution >= 4 is 18.2 Å². The Morgan fingerprint density at radius 1 is 0.585 bits per heavy atom. The van der Waals surface area contributed by atoms with Crippen molar-refractivity contribution in [3.05, 3.63) is 18.3 Å². The van der Waals surface area contributed by atoms with E-state index in [0.29, 0.717) is 25.8 Å². The summed E-state index contributed by atoms with van der Waals surface area (Å²) in [4.78, 5) is 49.9. The van der Waals surface area contributed by atoms with Gasteiger partial charge in [0.2, 0.25) is 18.2 Å². The molecule has 1 unspecified atom stereocenters. The van der Waals surface area contributed by atoms with Crippen LogP contribution >= 0.6 is 0 Å². The van der Waals surface area contributed by atoms with Gasteiger partial charge >= 0.3 is 0 Å². The van der Waals surface area contributed by atoms with Gasteiger partial charge in [-0.3, -0.25) is 4.90 Å². The standard InChI is InChI=1S/C32H53N6O3/c39-27-33-19-11-3-6-14-22-36-25-26-37(23-15-7-4-12-20-34-28-40)32(31-17-9-1-2-10-18-31)38(30-36)24-16-8-5-13-21-35-29-41/h25-26,32H,1-24,30H2. The van der Waals surface area contributed by atoms with E-state index < -0.39 is 0 Å². The first kappa shape index (κ1) is 34.6. The van der Waals surface area contributed by atoms with Gasteiger partial charge in [0.05, 0.1) is 32.5 Å². The van der Waals surface area contributed by atoms with Crippen LogP contribution in [0.4, 0.5) is 0 Å². The predicted molar refractivity (Wildman–Crippen MR) is 163 cm³/mol. The van der Waals surface area contributed by atoms with Crippen LogP contribution in [0, 0.1) is 5.92 Å². The maximum Gasteiger partial charge on any atom is 0.234 e. The van der Waals surface area contributed by atoms with Crippen LogP contribution in [0.1, 0.15) is 116 Å². The summed E-state index contributed by atoms with van der Waals surface area (Å²) in [6.07, 6.45) is 30.6. The molecule has 2 aliphatic rings. The Morgan fingerprint density at radius 3 is 1.61 bits per heavy atom. The van der Waals surface area contributed by atoms with Gasteiger partial charge < -0.3 is 9.80 Å². The molecule has 1 saturated carbocycles. The molecule has 0 amide bonds. The van der Waals surface area contributed by atoms with E-state index in [1.165, 1.54) is 38.5 Å². The average molecular weight is 570 g/mol. The first-order valence-electron chi connectivity index (χ1n) is 16.2. The SMILES string of the molecule is O=C=NCCCCCCN1C=CN(CCCCCCN=C=O)C([C]2CCCCCC2)N(CCCCCCN=C=O)C1. The number of rotatable bonds is 22. The topological polar surface area (TPSA) is 98.0 Å². The lowest BCUT2D eigenvalue weighted by atomic mass is 9.94. The molecule has 0 aromatic carbocycles. The van der Waals surface area contributed by atoms with Crippen molar-refractivity contribution in [3.63, 3.8) is 0 Å². The van der Waals surface area contributed by atoms with Gasteiger partial charge in [-0.2, -0.15) is 0 Å². The highest BCUT2D eigenvalue weighted by molar-refractivity contribution is 5.33. The number of isocyanates is 3. The molecule has 1 radical (unpaired) electrons. The molecule has 0 bridgehead atoms. The summed E-state index contributed by atoms with van der Waals surface area (Å²) in [5.74, 6) is 1.70. The Morgan fingerprint density at radius 2 is 1.07 bits per heavy atom. The average Bonchev–Trinajstić information content (AvgIpc) is 3.35. The number of nitrogens with zero attached hydrogens (tertiary/aromatic N) is 6. The lowest BCUT2D eigenvalue weighted by molar-refractivity contribution is 0.0528. The van der Waals surface area contributed by atoms with E-state index in [9.17, 15) is 14.4 Å². The van der Waals surface area contributed by atoms with Crippen molar-refractivity contribution in [2.75, 3.05) is 45.9 Å². The van der Waals surface area contributed by atoms with Crippen molar-refractivity contribution in [1.29, 1.82) is 0 Å². The molecular formula is C32H53N6O3. The maximum atomic E-state index is 10.4. The molecule has 1 fully saturated rings. The highest BCUT2D eigenvalue weighted by atomic mass is 16.1. The van der Waals surface area contributed by atoms with Gasteiger partial charge in [-0.1, -0.05) is 64.2 Å². The molecule has 0 aromatic heterocycles. The highest BCUT2D eigenvalue weighted by Gasteiger charge is 2.34. The molecule has 1 aliphatic carbocycles. The Balaban J connectivity index is 2.06. The van der Waals surface area contributed by atoms with Gasteiger partial charge in [0.15, 0.2) is 0 Å². The molecule has 229 valence electrons. The molecule has 0 N–H and O–H groups in total. The Labute approximate surface area is 248 Å². The smallest absolute Gasteiger partial charge is 0.234 e. The number of unbranched alkanes of at least 4 members (excludes halogenated alkanes) is 9. The van der Waals surface area contributed by atoms with Gasteiger partial charge in [0, 0.05) is 38.0 Å². The predicted octanol–water partition coefficient (Wildman–Crippen LogP) is 6.28. The Hall–Kier alpha value is -2.56.